The van der Waals surface area contributed by atoms with Crippen molar-refractivity contribution in [3.63, 3.8) is 0 Å². The third kappa shape index (κ3) is 6.22. The molecule has 1 saturated heterocycles. The largest absolute Gasteiger partial charge is 0.488 e. The smallest absolute Gasteiger partial charge is 0.220 e. The molecule has 128 valence electrons. The Morgan fingerprint density at radius 3 is 2.78 bits per heavy atom. The van der Waals surface area contributed by atoms with E-state index in [1.165, 1.54) is 12.8 Å². The van der Waals surface area contributed by atoms with Crippen LogP contribution in [0.5, 0.6) is 5.75 Å². The average molecular weight is 318 g/mol. The molecule has 0 saturated carbocycles. The summed E-state index contributed by atoms with van der Waals surface area (Å²) in [7, 11) is 0. The van der Waals surface area contributed by atoms with Gasteiger partial charge in [0.1, 0.15) is 11.9 Å². The molecule has 1 fully saturated rings. The number of benzene rings is 1. The quantitative estimate of drug-likeness (QED) is 0.774. The highest BCUT2D eigenvalue weighted by molar-refractivity contribution is 5.75. The lowest BCUT2D eigenvalue weighted by molar-refractivity contribution is -0.121. The Hall–Kier alpha value is -1.55. The van der Waals surface area contributed by atoms with Crippen molar-refractivity contribution in [1.29, 1.82) is 0 Å². The number of piperidine rings is 1. The Morgan fingerprint density at radius 2 is 2.09 bits per heavy atom. The lowest BCUT2D eigenvalue weighted by Crippen LogP contribution is -2.35. The number of amides is 1. The second-order valence-electron chi connectivity index (χ2n) is 6.45. The second-order valence-corrected chi connectivity index (χ2v) is 6.45. The Bertz CT molecular complexity index is 484. The van der Waals surface area contributed by atoms with Crippen molar-refractivity contribution in [3.8, 4) is 5.75 Å². The summed E-state index contributed by atoms with van der Waals surface area (Å²) >= 11 is 0. The fourth-order valence-corrected chi connectivity index (χ4v) is 2.96. The fraction of sp³-hybridized carbons (Fsp3) is 0.632. The van der Waals surface area contributed by atoms with E-state index in [1.54, 1.807) is 0 Å². The first-order valence-corrected chi connectivity index (χ1v) is 8.88. The van der Waals surface area contributed by atoms with Crippen LogP contribution >= 0.6 is 0 Å². The predicted octanol–water partition coefficient (Wildman–Crippen LogP) is 3.05. The van der Waals surface area contributed by atoms with Gasteiger partial charge in [0, 0.05) is 6.42 Å². The van der Waals surface area contributed by atoms with Gasteiger partial charge in [-0.3, -0.25) is 4.79 Å². The first-order chi connectivity index (χ1) is 11.2. The van der Waals surface area contributed by atoms with Gasteiger partial charge in [-0.15, -0.1) is 0 Å². The molecule has 1 atom stereocenters. The van der Waals surface area contributed by atoms with Crippen LogP contribution in [0.1, 0.15) is 44.6 Å². The van der Waals surface area contributed by atoms with Crippen molar-refractivity contribution in [3.05, 3.63) is 29.8 Å². The Labute approximate surface area is 140 Å². The first kappa shape index (κ1) is 17.8. The number of hydrogen-bond donors (Lipinski definition) is 2. The maximum Gasteiger partial charge on any atom is 0.220 e. The zero-order valence-corrected chi connectivity index (χ0v) is 14.4. The minimum Gasteiger partial charge on any atom is -0.488 e. The molecule has 2 N–H and O–H groups in total. The van der Waals surface area contributed by atoms with Crippen LogP contribution in [-0.2, 0) is 4.79 Å². The Morgan fingerprint density at radius 1 is 1.35 bits per heavy atom. The van der Waals surface area contributed by atoms with E-state index >= 15 is 0 Å². The van der Waals surface area contributed by atoms with Gasteiger partial charge in [0.15, 0.2) is 0 Å². The van der Waals surface area contributed by atoms with Crippen LogP contribution in [0.3, 0.4) is 0 Å². The van der Waals surface area contributed by atoms with Crippen molar-refractivity contribution in [2.45, 2.75) is 52.1 Å². The lowest BCUT2D eigenvalue weighted by atomic mass is 9.93. The number of carbonyl (C=O) groups excluding carboxylic acids is 1. The minimum absolute atomic E-state index is 0.0268. The average Bonchev–Trinajstić information content (AvgIpc) is 2.59. The number of ether oxygens (including phenoxy) is 1. The van der Waals surface area contributed by atoms with Crippen LogP contribution in [0, 0.1) is 12.8 Å². The number of para-hydroxylation sites is 1. The highest BCUT2D eigenvalue weighted by atomic mass is 16.5. The summed E-state index contributed by atoms with van der Waals surface area (Å²) < 4.78 is 6.02. The molecule has 1 aliphatic rings. The van der Waals surface area contributed by atoms with Crippen molar-refractivity contribution < 1.29 is 9.53 Å². The fourth-order valence-electron chi connectivity index (χ4n) is 2.96. The molecule has 0 radical (unpaired) electrons. The minimum atomic E-state index is 0.0268. The monoisotopic (exact) mass is 318 g/mol. The van der Waals surface area contributed by atoms with E-state index in [2.05, 4.69) is 17.6 Å². The zero-order valence-electron chi connectivity index (χ0n) is 14.4. The van der Waals surface area contributed by atoms with E-state index in [1.807, 2.05) is 31.2 Å². The molecule has 0 bridgehead atoms. The summed E-state index contributed by atoms with van der Waals surface area (Å²) in [5.74, 6) is 1.76. The van der Waals surface area contributed by atoms with Gasteiger partial charge in [-0.2, -0.15) is 0 Å². The molecule has 0 aliphatic carbocycles. The maximum absolute atomic E-state index is 12.0. The summed E-state index contributed by atoms with van der Waals surface area (Å²) in [5, 5.41) is 6.39. The molecule has 23 heavy (non-hydrogen) atoms. The lowest BCUT2D eigenvalue weighted by Gasteiger charge is -2.22. The van der Waals surface area contributed by atoms with Gasteiger partial charge in [0.25, 0.3) is 0 Å². The number of rotatable bonds is 8. The van der Waals surface area contributed by atoms with Gasteiger partial charge in [-0.25, -0.2) is 0 Å². The predicted molar refractivity (Wildman–Crippen MR) is 93.7 cm³/mol. The van der Waals surface area contributed by atoms with Crippen LogP contribution in [-0.4, -0.2) is 31.6 Å². The molecule has 1 amide bonds. The standard InChI is InChI=1S/C19H30N2O2/c1-3-17(23-18-7-5-4-6-15(18)2)14-21-19(22)9-8-16-10-12-20-13-11-16/h4-7,16-17,20H,3,8-14H2,1-2H3,(H,21,22). The molecule has 0 aromatic heterocycles. The molecule has 1 aliphatic heterocycles. The van der Waals surface area contributed by atoms with E-state index in [0.717, 1.165) is 37.2 Å². The summed E-state index contributed by atoms with van der Waals surface area (Å²) in [4.78, 5) is 12.0. The van der Waals surface area contributed by atoms with Crippen LogP contribution in [0.2, 0.25) is 0 Å². The SMILES string of the molecule is CCC(CNC(=O)CCC1CCNCC1)Oc1ccccc1C. The normalized spacial score (nSPS) is 16.8. The Balaban J connectivity index is 1.69. The van der Waals surface area contributed by atoms with Crippen LogP contribution in [0.15, 0.2) is 24.3 Å². The molecule has 4 nitrogen and oxygen atoms in total. The summed E-state index contributed by atoms with van der Waals surface area (Å²) in [6, 6.07) is 8.01. The molecule has 1 aromatic carbocycles. The van der Waals surface area contributed by atoms with Gasteiger partial charge in [0.2, 0.25) is 5.91 Å². The highest BCUT2D eigenvalue weighted by Crippen LogP contribution is 2.19. The van der Waals surface area contributed by atoms with E-state index in [9.17, 15) is 4.79 Å². The van der Waals surface area contributed by atoms with E-state index in [0.29, 0.717) is 18.9 Å². The van der Waals surface area contributed by atoms with Crippen molar-refractivity contribution in [1.82, 2.24) is 10.6 Å². The molecule has 1 heterocycles. The van der Waals surface area contributed by atoms with Gasteiger partial charge in [-0.05, 0) is 63.2 Å². The number of nitrogens with one attached hydrogen (secondary N) is 2. The van der Waals surface area contributed by atoms with E-state index in [4.69, 9.17) is 4.74 Å². The van der Waals surface area contributed by atoms with Crippen LogP contribution in [0.25, 0.3) is 0 Å². The van der Waals surface area contributed by atoms with E-state index < -0.39 is 0 Å². The summed E-state index contributed by atoms with van der Waals surface area (Å²) in [6.45, 7) is 6.89. The molecular weight excluding hydrogens is 288 g/mol. The number of hydrogen-bond acceptors (Lipinski definition) is 3. The molecule has 1 aromatic rings. The molecule has 1 unspecified atom stereocenters. The highest BCUT2D eigenvalue weighted by Gasteiger charge is 2.15. The first-order valence-electron chi connectivity index (χ1n) is 8.88. The van der Waals surface area contributed by atoms with Crippen molar-refractivity contribution in [2.75, 3.05) is 19.6 Å². The van der Waals surface area contributed by atoms with Gasteiger partial charge >= 0.3 is 0 Å². The third-order valence-corrected chi connectivity index (χ3v) is 4.61. The maximum atomic E-state index is 12.0. The molecule has 2 rings (SSSR count). The van der Waals surface area contributed by atoms with Gasteiger partial charge in [0.05, 0.1) is 6.54 Å². The molecule has 0 spiro atoms. The topological polar surface area (TPSA) is 50.4 Å². The van der Waals surface area contributed by atoms with Gasteiger partial charge < -0.3 is 15.4 Å². The second kappa shape index (κ2) is 9.56. The molecular formula is C19H30N2O2. The van der Waals surface area contributed by atoms with E-state index in [-0.39, 0.29) is 12.0 Å². The summed E-state index contributed by atoms with van der Waals surface area (Å²) in [6.07, 6.45) is 4.93. The number of carbonyl (C=O) groups is 1. The molecule has 4 heteroatoms. The number of aryl methyl sites for hydroxylation is 1. The Kier molecular flexibility index (Phi) is 7.40. The zero-order chi connectivity index (χ0) is 16.5. The van der Waals surface area contributed by atoms with Gasteiger partial charge in [-0.1, -0.05) is 25.1 Å². The van der Waals surface area contributed by atoms with Crippen molar-refractivity contribution >= 4 is 5.91 Å². The summed E-state index contributed by atoms with van der Waals surface area (Å²) in [5.41, 5.74) is 1.13. The van der Waals surface area contributed by atoms with Crippen LogP contribution in [0.4, 0.5) is 0 Å². The van der Waals surface area contributed by atoms with Crippen LogP contribution < -0.4 is 15.4 Å². The van der Waals surface area contributed by atoms with Crippen molar-refractivity contribution in [2.24, 2.45) is 5.92 Å². The third-order valence-electron chi connectivity index (χ3n) is 4.61.